The highest BCUT2D eigenvalue weighted by Crippen LogP contribution is 2.39. The van der Waals surface area contributed by atoms with Gasteiger partial charge in [-0.25, -0.2) is 4.79 Å². The molecule has 0 radical (unpaired) electrons. The molecule has 1 aliphatic heterocycles. The normalized spacial score (nSPS) is 12.1. The number of urea groups is 1. The van der Waals surface area contributed by atoms with Crippen molar-refractivity contribution in [2.75, 3.05) is 45.5 Å². The van der Waals surface area contributed by atoms with E-state index in [1.807, 2.05) is 0 Å². The molecule has 3 aromatic rings. The number of anilines is 1. The number of ether oxygens (including phenoxy) is 3. The Kier molecular flexibility index (Phi) is 6.38. The number of rotatable bonds is 7. The van der Waals surface area contributed by atoms with E-state index in [0.717, 1.165) is 5.56 Å². The van der Waals surface area contributed by atoms with Crippen LogP contribution in [0.4, 0.5) is 10.5 Å². The number of methoxy groups -OCH3 is 1. The zero-order valence-corrected chi connectivity index (χ0v) is 18.2. The first kappa shape index (κ1) is 22.4. The third-order valence-electron chi connectivity index (χ3n) is 5.20. The molecule has 0 saturated carbocycles. The molecule has 174 valence electrons. The summed E-state index contributed by atoms with van der Waals surface area (Å²) in [6, 6.07) is 7.90. The average molecular weight is 456 g/mol. The molecule has 2 aromatic carbocycles. The van der Waals surface area contributed by atoms with Gasteiger partial charge in [-0.05, 0) is 42.8 Å². The molecule has 10 nitrogen and oxygen atoms in total. The summed E-state index contributed by atoms with van der Waals surface area (Å²) in [5.41, 5.74) is 1.31. The lowest BCUT2D eigenvalue weighted by molar-refractivity contribution is 0.167. The first-order valence-corrected chi connectivity index (χ1v) is 10.3. The molecule has 33 heavy (non-hydrogen) atoms. The molecule has 0 fully saturated rings. The number of hydrogen-bond donors (Lipinski definition) is 3. The summed E-state index contributed by atoms with van der Waals surface area (Å²) in [5.74, 6) is 1.29. The third kappa shape index (κ3) is 4.30. The number of aliphatic hydroxyl groups excluding tert-OH is 2. The molecular formula is C23H24N2O8. The Hall–Kier alpha value is -3.76. The number of carbonyl (C=O) groups excluding carboxylic acids is 1. The molecule has 10 heteroatoms. The number of aliphatic hydroxyl groups is 2. The van der Waals surface area contributed by atoms with E-state index in [1.165, 1.54) is 12.0 Å². The third-order valence-corrected chi connectivity index (χ3v) is 5.20. The summed E-state index contributed by atoms with van der Waals surface area (Å²) in [4.78, 5) is 27.3. The van der Waals surface area contributed by atoms with E-state index in [0.29, 0.717) is 17.1 Å². The van der Waals surface area contributed by atoms with Gasteiger partial charge in [0.25, 0.3) is 0 Å². The minimum Gasteiger partial charge on any atom is -0.490 e. The molecule has 0 spiro atoms. The first-order valence-electron chi connectivity index (χ1n) is 10.3. The van der Waals surface area contributed by atoms with E-state index in [1.54, 1.807) is 37.3 Å². The van der Waals surface area contributed by atoms with Crippen molar-refractivity contribution in [2.45, 2.75) is 6.92 Å². The lowest BCUT2D eigenvalue weighted by Gasteiger charge is -2.21. The zero-order chi connectivity index (χ0) is 23.5. The van der Waals surface area contributed by atoms with Gasteiger partial charge in [-0.15, -0.1) is 0 Å². The molecule has 0 atom stereocenters. The summed E-state index contributed by atoms with van der Waals surface area (Å²) >= 11 is 0. The van der Waals surface area contributed by atoms with E-state index in [2.05, 4.69) is 5.32 Å². The Balaban J connectivity index is 1.85. The van der Waals surface area contributed by atoms with E-state index in [-0.39, 0.29) is 61.3 Å². The first-order chi connectivity index (χ1) is 16.0. The summed E-state index contributed by atoms with van der Waals surface area (Å²) in [5, 5.41) is 21.4. The minimum absolute atomic E-state index is 0.0198. The lowest BCUT2D eigenvalue weighted by Crippen LogP contribution is -2.39. The van der Waals surface area contributed by atoms with Crippen LogP contribution in [0.2, 0.25) is 0 Å². The van der Waals surface area contributed by atoms with Crippen molar-refractivity contribution in [2.24, 2.45) is 0 Å². The standard InChI is InChI=1S/C23H24N2O8/c1-13-9-15-19(28)22(30-2)20(14-3-4-17-18(11-14)32-12-31-17)33-21(15)16(10-13)24-23(29)25(5-7-26)6-8-27/h3-4,9-11,26-27H,5-8,12H2,1-2H3,(H,24,29). The Labute approximate surface area is 188 Å². The molecule has 0 bridgehead atoms. The fourth-order valence-electron chi connectivity index (χ4n) is 3.68. The van der Waals surface area contributed by atoms with E-state index in [4.69, 9.17) is 18.6 Å². The van der Waals surface area contributed by atoms with Crippen LogP contribution in [0.5, 0.6) is 17.2 Å². The highest BCUT2D eigenvalue weighted by Gasteiger charge is 2.23. The summed E-state index contributed by atoms with van der Waals surface area (Å²) < 4.78 is 22.3. The highest BCUT2D eigenvalue weighted by atomic mass is 16.7. The largest absolute Gasteiger partial charge is 0.490 e. The number of carbonyl (C=O) groups is 1. The molecular weight excluding hydrogens is 432 g/mol. The van der Waals surface area contributed by atoms with Crippen molar-refractivity contribution < 1.29 is 33.6 Å². The second kappa shape index (κ2) is 9.39. The van der Waals surface area contributed by atoms with Gasteiger partial charge in [-0.1, -0.05) is 0 Å². The van der Waals surface area contributed by atoms with Crippen LogP contribution < -0.4 is 25.0 Å². The Morgan fingerprint density at radius 3 is 2.55 bits per heavy atom. The number of aryl methyl sites for hydroxylation is 1. The average Bonchev–Trinajstić information content (AvgIpc) is 3.27. The Morgan fingerprint density at radius 2 is 1.85 bits per heavy atom. The van der Waals surface area contributed by atoms with Crippen LogP contribution in [0, 0.1) is 6.92 Å². The predicted octanol–water partition coefficient (Wildman–Crippen LogP) is 2.32. The molecule has 2 heterocycles. The molecule has 3 N–H and O–H groups in total. The molecule has 0 aliphatic carbocycles. The molecule has 0 unspecified atom stereocenters. The number of amides is 2. The van der Waals surface area contributed by atoms with Gasteiger partial charge < -0.3 is 39.1 Å². The number of nitrogens with one attached hydrogen (secondary N) is 1. The number of benzene rings is 2. The molecule has 0 saturated heterocycles. The van der Waals surface area contributed by atoms with Gasteiger partial charge in [0.2, 0.25) is 18.0 Å². The summed E-state index contributed by atoms with van der Waals surface area (Å²) in [6.07, 6.45) is 0. The van der Waals surface area contributed by atoms with Gasteiger partial charge in [0.15, 0.2) is 22.8 Å². The van der Waals surface area contributed by atoms with E-state index in [9.17, 15) is 19.8 Å². The Bertz CT molecular complexity index is 1250. The molecule has 2 amide bonds. The van der Waals surface area contributed by atoms with Crippen LogP contribution in [0.1, 0.15) is 5.56 Å². The van der Waals surface area contributed by atoms with Crippen molar-refractivity contribution in [1.82, 2.24) is 4.90 Å². The van der Waals surface area contributed by atoms with Crippen LogP contribution in [-0.2, 0) is 0 Å². The van der Waals surface area contributed by atoms with Gasteiger partial charge in [0, 0.05) is 18.7 Å². The predicted molar refractivity (Wildman–Crippen MR) is 120 cm³/mol. The topological polar surface area (TPSA) is 131 Å². The van der Waals surface area contributed by atoms with Crippen LogP contribution in [0.15, 0.2) is 39.5 Å². The maximum atomic E-state index is 13.3. The number of fused-ring (bicyclic) bond motifs is 2. The van der Waals surface area contributed by atoms with Crippen LogP contribution in [0.3, 0.4) is 0 Å². The summed E-state index contributed by atoms with van der Waals surface area (Å²) in [6.45, 7) is 1.44. The highest BCUT2D eigenvalue weighted by molar-refractivity contribution is 6.00. The zero-order valence-electron chi connectivity index (χ0n) is 18.2. The quantitative estimate of drug-likeness (QED) is 0.494. The molecule has 1 aliphatic rings. The number of hydrogen-bond acceptors (Lipinski definition) is 8. The van der Waals surface area contributed by atoms with Crippen molar-refractivity contribution in [3.8, 4) is 28.6 Å². The van der Waals surface area contributed by atoms with Crippen molar-refractivity contribution in [3.63, 3.8) is 0 Å². The van der Waals surface area contributed by atoms with Gasteiger partial charge in [0.1, 0.15) is 0 Å². The second-order valence-electron chi connectivity index (χ2n) is 7.42. The van der Waals surface area contributed by atoms with Crippen molar-refractivity contribution in [1.29, 1.82) is 0 Å². The maximum Gasteiger partial charge on any atom is 0.322 e. The second-order valence-corrected chi connectivity index (χ2v) is 7.42. The van der Waals surface area contributed by atoms with Crippen molar-refractivity contribution in [3.05, 3.63) is 46.1 Å². The van der Waals surface area contributed by atoms with Crippen molar-refractivity contribution >= 4 is 22.7 Å². The number of nitrogens with zero attached hydrogens (tertiary/aromatic N) is 1. The fraction of sp³-hybridized carbons (Fsp3) is 0.304. The van der Waals surface area contributed by atoms with Gasteiger partial charge >= 0.3 is 6.03 Å². The minimum atomic E-state index is -0.548. The SMILES string of the molecule is COc1c(-c2ccc3c(c2)OCO3)oc2c(NC(=O)N(CCO)CCO)cc(C)cc2c1=O. The fourth-order valence-corrected chi connectivity index (χ4v) is 3.68. The van der Waals surface area contributed by atoms with Crippen LogP contribution in [0.25, 0.3) is 22.3 Å². The van der Waals surface area contributed by atoms with Gasteiger partial charge in [-0.3, -0.25) is 4.79 Å². The van der Waals surface area contributed by atoms with E-state index < -0.39 is 11.5 Å². The van der Waals surface area contributed by atoms with Crippen LogP contribution >= 0.6 is 0 Å². The van der Waals surface area contributed by atoms with Gasteiger partial charge in [0.05, 0.1) is 31.4 Å². The monoisotopic (exact) mass is 456 g/mol. The van der Waals surface area contributed by atoms with E-state index >= 15 is 0 Å². The van der Waals surface area contributed by atoms with Crippen LogP contribution in [-0.4, -0.2) is 61.4 Å². The Morgan fingerprint density at radius 1 is 1.12 bits per heavy atom. The lowest BCUT2D eigenvalue weighted by atomic mass is 10.1. The van der Waals surface area contributed by atoms with Gasteiger partial charge in [-0.2, -0.15) is 0 Å². The molecule has 1 aromatic heterocycles. The maximum absolute atomic E-state index is 13.3. The smallest absolute Gasteiger partial charge is 0.322 e. The summed E-state index contributed by atoms with van der Waals surface area (Å²) in [7, 11) is 1.38. The molecule has 4 rings (SSSR count).